The fourth-order valence-electron chi connectivity index (χ4n) is 7.16. The van der Waals surface area contributed by atoms with E-state index in [1.807, 2.05) is 26.8 Å². The van der Waals surface area contributed by atoms with Gasteiger partial charge in [0.2, 0.25) is 11.8 Å². The lowest BCUT2D eigenvalue weighted by Crippen LogP contribution is -2.58. The van der Waals surface area contributed by atoms with E-state index in [0.717, 1.165) is 12.8 Å². The van der Waals surface area contributed by atoms with Gasteiger partial charge in [0.05, 0.1) is 39.9 Å². The van der Waals surface area contributed by atoms with Crippen molar-refractivity contribution >= 4 is 46.8 Å². The molecule has 9 heteroatoms. The van der Waals surface area contributed by atoms with Crippen molar-refractivity contribution in [1.82, 2.24) is 9.80 Å². The molecule has 6 atom stereocenters. The van der Waals surface area contributed by atoms with Crippen LogP contribution in [0, 0.1) is 17.8 Å². The molecule has 40 heavy (non-hydrogen) atoms. The molecule has 0 saturated carbocycles. The summed E-state index contributed by atoms with van der Waals surface area (Å²) in [5.41, 5.74) is 0.544. The number of benzene rings is 1. The van der Waals surface area contributed by atoms with Gasteiger partial charge in [-0.2, -0.15) is 0 Å². The second-order valence-electron chi connectivity index (χ2n) is 11.7. The minimum atomic E-state index is -0.857. The van der Waals surface area contributed by atoms with Gasteiger partial charge in [0.15, 0.2) is 0 Å². The van der Waals surface area contributed by atoms with E-state index in [-0.39, 0.29) is 36.8 Å². The molecule has 1 spiro atoms. The molecule has 1 aromatic rings. The van der Waals surface area contributed by atoms with Crippen LogP contribution in [-0.4, -0.2) is 80.4 Å². The molecule has 1 aromatic carbocycles. The van der Waals surface area contributed by atoms with Crippen molar-refractivity contribution in [2.45, 2.75) is 68.5 Å². The number of nitrogens with zero attached hydrogens (tertiary/aromatic N) is 3. The molecule has 3 aliphatic rings. The van der Waals surface area contributed by atoms with Gasteiger partial charge in [0.1, 0.15) is 6.04 Å². The third-order valence-corrected chi connectivity index (χ3v) is 11.2. The van der Waals surface area contributed by atoms with Gasteiger partial charge >= 0.3 is 0 Å². The number of carbonyl (C=O) groups is 3. The Morgan fingerprint density at radius 3 is 2.45 bits per heavy atom. The van der Waals surface area contributed by atoms with Gasteiger partial charge in [0.25, 0.3) is 5.91 Å². The SMILES string of the molecule is C=CCN(CCC)C(=O)[C@@H]1[C@H]2C(=O)N([C@@H](CO)C(C)C)C(C(=O)N(CC=C)c3ccccc3Cl)C23CC[C@@]1(C)S3. The van der Waals surface area contributed by atoms with E-state index in [0.29, 0.717) is 30.2 Å². The number of hydrogen-bond donors (Lipinski definition) is 1. The summed E-state index contributed by atoms with van der Waals surface area (Å²) in [7, 11) is 0. The molecule has 2 unspecified atom stereocenters. The zero-order chi connectivity index (χ0) is 29.4. The lowest BCUT2D eigenvalue weighted by Gasteiger charge is -2.40. The first-order valence-electron chi connectivity index (χ1n) is 14.2. The number of hydrogen-bond acceptors (Lipinski definition) is 5. The Bertz CT molecular complexity index is 1180. The number of carbonyl (C=O) groups excluding carboxylic acids is 3. The van der Waals surface area contributed by atoms with Crippen molar-refractivity contribution in [3.63, 3.8) is 0 Å². The molecular weight excluding hydrogens is 546 g/mol. The molecule has 3 heterocycles. The Kier molecular flexibility index (Phi) is 9.13. The molecular formula is C31H42ClN3O4S. The Morgan fingerprint density at radius 1 is 1.20 bits per heavy atom. The highest BCUT2D eigenvalue weighted by Gasteiger charge is 2.78. The van der Waals surface area contributed by atoms with Crippen LogP contribution in [0.5, 0.6) is 0 Å². The average Bonchev–Trinajstić information content (AvgIpc) is 3.48. The van der Waals surface area contributed by atoms with Crippen molar-refractivity contribution in [3.05, 3.63) is 54.6 Å². The predicted molar refractivity (Wildman–Crippen MR) is 162 cm³/mol. The zero-order valence-electron chi connectivity index (χ0n) is 24.0. The summed E-state index contributed by atoms with van der Waals surface area (Å²) in [5.74, 6) is -1.85. The van der Waals surface area contributed by atoms with Crippen molar-refractivity contribution in [3.8, 4) is 0 Å². The number of amides is 3. The lowest BCUT2D eigenvalue weighted by atomic mass is 9.66. The van der Waals surface area contributed by atoms with Crippen LogP contribution in [-0.2, 0) is 14.4 Å². The number of rotatable bonds is 12. The lowest BCUT2D eigenvalue weighted by molar-refractivity contribution is -0.147. The van der Waals surface area contributed by atoms with Crippen LogP contribution in [0.3, 0.4) is 0 Å². The van der Waals surface area contributed by atoms with E-state index in [4.69, 9.17) is 11.6 Å². The van der Waals surface area contributed by atoms with E-state index in [1.54, 1.807) is 56.8 Å². The van der Waals surface area contributed by atoms with Crippen LogP contribution in [0.25, 0.3) is 0 Å². The third kappa shape index (κ3) is 4.80. The van der Waals surface area contributed by atoms with Crippen molar-refractivity contribution in [2.75, 3.05) is 31.1 Å². The highest BCUT2D eigenvalue weighted by Crippen LogP contribution is 2.72. The van der Waals surface area contributed by atoms with Gasteiger partial charge in [-0.15, -0.1) is 24.9 Å². The number of aliphatic hydroxyl groups excluding tert-OH is 1. The molecule has 7 nitrogen and oxygen atoms in total. The molecule has 2 bridgehead atoms. The van der Waals surface area contributed by atoms with E-state index in [2.05, 4.69) is 20.1 Å². The van der Waals surface area contributed by atoms with E-state index >= 15 is 0 Å². The summed E-state index contributed by atoms with van der Waals surface area (Å²) < 4.78 is -1.27. The topological polar surface area (TPSA) is 81.2 Å². The van der Waals surface area contributed by atoms with Crippen LogP contribution < -0.4 is 4.90 Å². The summed E-state index contributed by atoms with van der Waals surface area (Å²) in [6.07, 6.45) is 5.52. The second kappa shape index (κ2) is 11.9. The minimum Gasteiger partial charge on any atom is -0.394 e. The van der Waals surface area contributed by atoms with E-state index in [9.17, 15) is 19.5 Å². The fraction of sp³-hybridized carbons (Fsp3) is 0.581. The van der Waals surface area contributed by atoms with Crippen LogP contribution in [0.1, 0.15) is 47.0 Å². The van der Waals surface area contributed by atoms with Gasteiger partial charge in [-0.05, 0) is 44.2 Å². The fourth-order valence-corrected chi connectivity index (χ4v) is 9.73. The maximum atomic E-state index is 14.8. The second-order valence-corrected chi connectivity index (χ2v) is 14.0. The standard InChI is InChI=1S/C31H42ClN3O4S/c1-7-16-33(17-8-2)27(37)24-25-28(38)35(23(19-36)20(4)5)26(31(25)15-14-30(24,6)40-31)29(39)34(18-9-3)22-13-11-10-12-21(22)32/h7,9-13,20,23-26,36H,1,3,8,14-19H2,2,4-6H3/t23-,24-,25-,26?,30+,31?/m0/s1. The van der Waals surface area contributed by atoms with Crippen molar-refractivity contribution in [1.29, 1.82) is 0 Å². The van der Waals surface area contributed by atoms with Gasteiger partial charge in [0, 0.05) is 24.4 Å². The van der Waals surface area contributed by atoms with E-state index < -0.39 is 33.4 Å². The molecule has 0 aliphatic carbocycles. The summed E-state index contributed by atoms with van der Waals surface area (Å²) in [4.78, 5) is 48.5. The van der Waals surface area contributed by atoms with Gasteiger partial charge < -0.3 is 19.8 Å². The highest BCUT2D eigenvalue weighted by atomic mass is 35.5. The molecule has 3 aliphatic heterocycles. The monoisotopic (exact) mass is 587 g/mol. The van der Waals surface area contributed by atoms with Gasteiger partial charge in [-0.3, -0.25) is 14.4 Å². The highest BCUT2D eigenvalue weighted by molar-refractivity contribution is 8.02. The van der Waals surface area contributed by atoms with Gasteiger partial charge in [-0.1, -0.05) is 56.7 Å². The Morgan fingerprint density at radius 2 is 1.88 bits per heavy atom. The summed E-state index contributed by atoms with van der Waals surface area (Å²) in [5, 5.41) is 10.9. The molecule has 3 amide bonds. The molecule has 0 aromatic heterocycles. The maximum Gasteiger partial charge on any atom is 0.251 e. The summed E-state index contributed by atoms with van der Waals surface area (Å²) >= 11 is 8.20. The average molecular weight is 588 g/mol. The molecule has 1 N–H and O–H groups in total. The summed E-state index contributed by atoms with van der Waals surface area (Å²) in [6, 6.07) is 5.72. The quantitative estimate of drug-likeness (QED) is 0.356. The van der Waals surface area contributed by atoms with Crippen LogP contribution in [0.4, 0.5) is 5.69 Å². The first kappa shape index (κ1) is 30.7. The largest absolute Gasteiger partial charge is 0.394 e. The number of anilines is 1. The molecule has 0 radical (unpaired) electrons. The van der Waals surface area contributed by atoms with Crippen molar-refractivity contribution < 1.29 is 19.5 Å². The van der Waals surface area contributed by atoms with Crippen LogP contribution in [0.2, 0.25) is 5.02 Å². The minimum absolute atomic E-state index is 0.0520. The van der Waals surface area contributed by atoms with Crippen LogP contribution >= 0.6 is 23.4 Å². The normalized spacial score (nSPS) is 29.4. The Balaban J connectivity index is 1.87. The number of fused-ring (bicyclic) bond motifs is 1. The van der Waals surface area contributed by atoms with E-state index in [1.165, 1.54) is 0 Å². The molecule has 218 valence electrons. The third-order valence-electron chi connectivity index (χ3n) is 8.90. The molecule has 3 saturated heterocycles. The first-order valence-corrected chi connectivity index (χ1v) is 15.4. The maximum absolute atomic E-state index is 14.8. The number of aliphatic hydroxyl groups is 1. The predicted octanol–water partition coefficient (Wildman–Crippen LogP) is 4.78. The van der Waals surface area contributed by atoms with Crippen molar-refractivity contribution in [2.24, 2.45) is 17.8 Å². The molecule has 3 fully saturated rings. The number of likely N-dealkylation sites (tertiary alicyclic amines) is 1. The number of para-hydroxylation sites is 1. The number of halogens is 1. The summed E-state index contributed by atoms with van der Waals surface area (Å²) in [6.45, 7) is 16.6. The zero-order valence-corrected chi connectivity index (χ0v) is 25.6. The Hall–Kier alpha value is -2.29. The van der Waals surface area contributed by atoms with Gasteiger partial charge in [-0.25, -0.2) is 0 Å². The smallest absolute Gasteiger partial charge is 0.251 e. The molecule has 4 rings (SSSR count). The van der Waals surface area contributed by atoms with Crippen LogP contribution in [0.15, 0.2) is 49.6 Å². The number of thioether (sulfide) groups is 1. The first-order chi connectivity index (χ1) is 19.0. The Labute approximate surface area is 247 Å².